The van der Waals surface area contributed by atoms with Crippen molar-refractivity contribution in [2.24, 2.45) is 0 Å². The molecule has 0 aliphatic heterocycles. The summed E-state index contributed by atoms with van der Waals surface area (Å²) in [5.74, 6) is -1.25. The summed E-state index contributed by atoms with van der Waals surface area (Å²) in [4.78, 5) is 21.6. The highest BCUT2D eigenvalue weighted by Crippen LogP contribution is 2.10. The highest BCUT2D eigenvalue weighted by molar-refractivity contribution is 8.00. The van der Waals surface area contributed by atoms with Gasteiger partial charge < -0.3 is 15.5 Å². The number of carbonyl (C=O) groups is 2. The van der Waals surface area contributed by atoms with Crippen molar-refractivity contribution >= 4 is 23.6 Å². The molecule has 0 fully saturated rings. The summed E-state index contributed by atoms with van der Waals surface area (Å²) in [6, 6.07) is 9.01. The third-order valence-electron chi connectivity index (χ3n) is 2.14. The van der Waals surface area contributed by atoms with Crippen molar-refractivity contribution in [2.75, 3.05) is 18.1 Å². The Hall–Kier alpha value is -1.53. The summed E-state index contributed by atoms with van der Waals surface area (Å²) >= 11 is 1.02. The highest BCUT2D eigenvalue weighted by Gasteiger charge is 2.09. The third-order valence-corrected chi connectivity index (χ3v) is 3.05. The molecule has 0 bridgehead atoms. The van der Waals surface area contributed by atoms with Crippen molar-refractivity contribution in [2.45, 2.75) is 6.10 Å². The molecule has 18 heavy (non-hydrogen) atoms. The van der Waals surface area contributed by atoms with Crippen LogP contribution in [-0.4, -0.2) is 40.1 Å². The minimum Gasteiger partial charge on any atom is -0.481 e. The van der Waals surface area contributed by atoms with E-state index in [1.807, 2.05) is 18.2 Å². The molecular formula is C12H15NO4S. The lowest BCUT2D eigenvalue weighted by atomic mass is 10.1. The normalized spacial score (nSPS) is 11.8. The predicted octanol–water partition coefficient (Wildman–Crippen LogP) is 0.654. The first-order chi connectivity index (χ1) is 8.59. The Morgan fingerprint density at radius 1 is 1.22 bits per heavy atom. The molecule has 0 aromatic heterocycles. The number of carboxylic acid groups (broad SMARTS) is 1. The van der Waals surface area contributed by atoms with E-state index in [2.05, 4.69) is 5.32 Å². The molecule has 1 atom stereocenters. The number of amides is 1. The number of aliphatic hydroxyl groups excluding tert-OH is 1. The summed E-state index contributed by atoms with van der Waals surface area (Å²) < 4.78 is 0. The summed E-state index contributed by atoms with van der Waals surface area (Å²) in [7, 11) is 0. The van der Waals surface area contributed by atoms with Crippen molar-refractivity contribution < 1.29 is 19.8 Å². The lowest BCUT2D eigenvalue weighted by molar-refractivity contribution is -0.133. The Morgan fingerprint density at radius 3 is 2.50 bits per heavy atom. The van der Waals surface area contributed by atoms with Crippen molar-refractivity contribution in [3.63, 3.8) is 0 Å². The molecular weight excluding hydrogens is 254 g/mol. The number of thioether (sulfide) groups is 1. The van der Waals surface area contributed by atoms with Crippen LogP contribution in [0, 0.1) is 0 Å². The van der Waals surface area contributed by atoms with E-state index < -0.39 is 12.1 Å². The maximum atomic E-state index is 11.3. The summed E-state index contributed by atoms with van der Waals surface area (Å²) in [6.45, 7) is 0.122. The van der Waals surface area contributed by atoms with E-state index in [-0.39, 0.29) is 24.0 Å². The number of hydrogen-bond donors (Lipinski definition) is 3. The molecule has 98 valence electrons. The van der Waals surface area contributed by atoms with Crippen LogP contribution in [-0.2, 0) is 9.59 Å². The number of nitrogens with one attached hydrogen (secondary N) is 1. The first kappa shape index (κ1) is 14.5. The Kier molecular flexibility index (Phi) is 6.24. The van der Waals surface area contributed by atoms with Gasteiger partial charge in [0.2, 0.25) is 5.91 Å². The Morgan fingerprint density at radius 2 is 1.89 bits per heavy atom. The molecule has 1 rings (SSSR count). The van der Waals surface area contributed by atoms with Crippen LogP contribution in [0.4, 0.5) is 0 Å². The number of aliphatic hydroxyl groups is 1. The Labute approximate surface area is 109 Å². The second kappa shape index (κ2) is 7.73. The largest absolute Gasteiger partial charge is 0.481 e. The quantitative estimate of drug-likeness (QED) is 0.676. The van der Waals surface area contributed by atoms with Crippen LogP contribution < -0.4 is 5.32 Å². The Balaban J connectivity index is 2.24. The van der Waals surface area contributed by atoms with Crippen LogP contribution in [0.5, 0.6) is 0 Å². The van der Waals surface area contributed by atoms with Gasteiger partial charge in [0, 0.05) is 6.54 Å². The topological polar surface area (TPSA) is 86.6 Å². The molecule has 0 heterocycles. The lowest BCUT2D eigenvalue weighted by Crippen LogP contribution is -2.30. The predicted molar refractivity (Wildman–Crippen MR) is 69.4 cm³/mol. The zero-order valence-corrected chi connectivity index (χ0v) is 10.5. The van der Waals surface area contributed by atoms with Gasteiger partial charge in [0.15, 0.2) is 0 Å². The van der Waals surface area contributed by atoms with Crippen LogP contribution in [0.15, 0.2) is 30.3 Å². The van der Waals surface area contributed by atoms with Gasteiger partial charge in [-0.1, -0.05) is 30.3 Å². The molecule has 1 unspecified atom stereocenters. The van der Waals surface area contributed by atoms with E-state index in [1.165, 1.54) is 0 Å². The first-order valence-corrected chi connectivity index (χ1v) is 6.54. The molecule has 0 saturated heterocycles. The molecule has 0 saturated carbocycles. The van der Waals surface area contributed by atoms with E-state index in [0.717, 1.165) is 17.3 Å². The molecule has 6 heteroatoms. The van der Waals surface area contributed by atoms with Crippen LogP contribution >= 0.6 is 11.8 Å². The number of aliphatic carboxylic acids is 1. The van der Waals surface area contributed by atoms with Gasteiger partial charge in [-0.25, -0.2) is 0 Å². The number of rotatable bonds is 7. The fraction of sp³-hybridized carbons (Fsp3) is 0.333. The summed E-state index contributed by atoms with van der Waals surface area (Å²) in [6.07, 6.45) is -0.750. The maximum Gasteiger partial charge on any atom is 0.313 e. The minimum absolute atomic E-state index is 0.0772. The van der Waals surface area contributed by atoms with E-state index in [4.69, 9.17) is 5.11 Å². The van der Waals surface area contributed by atoms with E-state index in [1.54, 1.807) is 12.1 Å². The summed E-state index contributed by atoms with van der Waals surface area (Å²) in [5.41, 5.74) is 0.732. The van der Waals surface area contributed by atoms with Crippen molar-refractivity contribution in [1.29, 1.82) is 0 Å². The number of benzene rings is 1. The zero-order valence-electron chi connectivity index (χ0n) is 9.70. The van der Waals surface area contributed by atoms with Gasteiger partial charge in [-0.2, -0.15) is 0 Å². The third kappa shape index (κ3) is 5.70. The van der Waals surface area contributed by atoms with Gasteiger partial charge in [-0.3, -0.25) is 9.59 Å². The fourth-order valence-corrected chi connectivity index (χ4v) is 1.85. The van der Waals surface area contributed by atoms with Gasteiger partial charge >= 0.3 is 5.97 Å². The van der Waals surface area contributed by atoms with E-state index in [0.29, 0.717) is 0 Å². The average molecular weight is 269 g/mol. The average Bonchev–Trinajstić information content (AvgIpc) is 2.36. The molecule has 5 nitrogen and oxygen atoms in total. The molecule has 3 N–H and O–H groups in total. The first-order valence-electron chi connectivity index (χ1n) is 5.39. The van der Waals surface area contributed by atoms with Crippen LogP contribution in [0.1, 0.15) is 11.7 Å². The Bertz CT molecular complexity index is 396. The van der Waals surface area contributed by atoms with Gasteiger partial charge in [0.05, 0.1) is 17.6 Å². The molecule has 0 spiro atoms. The number of carbonyl (C=O) groups excluding carboxylic acids is 1. The van der Waals surface area contributed by atoms with Gasteiger partial charge in [0.1, 0.15) is 0 Å². The van der Waals surface area contributed by atoms with Gasteiger partial charge in [-0.15, -0.1) is 11.8 Å². The van der Waals surface area contributed by atoms with Crippen molar-refractivity contribution in [3.05, 3.63) is 35.9 Å². The van der Waals surface area contributed by atoms with Crippen molar-refractivity contribution in [3.8, 4) is 0 Å². The molecule has 0 aliphatic carbocycles. The smallest absolute Gasteiger partial charge is 0.313 e. The van der Waals surface area contributed by atoms with Crippen LogP contribution in [0.25, 0.3) is 0 Å². The number of carboxylic acids is 1. The molecule has 1 amide bonds. The standard InChI is InChI=1S/C12H15NO4S/c14-10(9-4-2-1-3-5-9)6-13-11(15)7-18-8-12(16)17/h1-5,10,14H,6-8H2,(H,13,15)(H,16,17). The molecule has 0 radical (unpaired) electrons. The minimum atomic E-state index is -0.947. The fourth-order valence-electron chi connectivity index (χ4n) is 1.29. The van der Waals surface area contributed by atoms with Gasteiger partial charge in [-0.05, 0) is 5.56 Å². The molecule has 1 aromatic carbocycles. The zero-order chi connectivity index (χ0) is 13.4. The van der Waals surface area contributed by atoms with E-state index >= 15 is 0 Å². The van der Waals surface area contributed by atoms with Crippen LogP contribution in [0.3, 0.4) is 0 Å². The second-order valence-electron chi connectivity index (χ2n) is 3.62. The monoisotopic (exact) mass is 269 g/mol. The maximum absolute atomic E-state index is 11.3. The SMILES string of the molecule is O=C(O)CSCC(=O)NCC(O)c1ccccc1. The highest BCUT2D eigenvalue weighted by atomic mass is 32.2. The van der Waals surface area contributed by atoms with E-state index in [9.17, 15) is 14.7 Å². The molecule has 0 aliphatic rings. The van der Waals surface area contributed by atoms with Gasteiger partial charge in [0.25, 0.3) is 0 Å². The lowest BCUT2D eigenvalue weighted by Gasteiger charge is -2.11. The summed E-state index contributed by atoms with van der Waals surface area (Å²) in [5, 5.41) is 20.7. The second-order valence-corrected chi connectivity index (χ2v) is 4.60. The molecule has 1 aromatic rings. The number of hydrogen-bond acceptors (Lipinski definition) is 4. The van der Waals surface area contributed by atoms with Crippen molar-refractivity contribution in [1.82, 2.24) is 5.32 Å². The van der Waals surface area contributed by atoms with Crippen LogP contribution in [0.2, 0.25) is 0 Å².